The van der Waals surface area contributed by atoms with Crippen LogP contribution in [0.25, 0.3) is 22.6 Å². The number of halogens is 1. The Hall–Kier alpha value is -4.14. The van der Waals surface area contributed by atoms with Crippen LogP contribution in [0.5, 0.6) is 17.2 Å². The largest absolute Gasteiger partial charge is 0.494 e. The van der Waals surface area contributed by atoms with Crippen LogP contribution in [0, 0.1) is 6.92 Å². The molecule has 0 unspecified atom stereocenters. The Morgan fingerprint density at radius 3 is 2.40 bits per heavy atom. The molecule has 3 aromatic carbocycles. The lowest BCUT2D eigenvalue weighted by Gasteiger charge is -2.34. The fourth-order valence-electron chi connectivity index (χ4n) is 4.79. The number of aryl methyl sites for hydroxylation is 1. The molecule has 40 heavy (non-hydrogen) atoms. The van der Waals surface area contributed by atoms with E-state index in [0.29, 0.717) is 34.6 Å². The number of ether oxygens (including phenoxy) is 2. The molecule has 0 N–H and O–H groups in total. The van der Waals surface area contributed by atoms with Crippen molar-refractivity contribution in [2.24, 2.45) is 0 Å². The van der Waals surface area contributed by atoms with Crippen molar-refractivity contribution in [3.63, 3.8) is 0 Å². The minimum atomic E-state index is 0.572. The van der Waals surface area contributed by atoms with E-state index in [-0.39, 0.29) is 0 Å². The number of anilines is 1. The topological polar surface area (TPSA) is 76.8 Å². The molecule has 0 bridgehead atoms. The van der Waals surface area contributed by atoms with Gasteiger partial charge in [0, 0.05) is 61.8 Å². The van der Waals surface area contributed by atoms with Crippen molar-refractivity contribution in [1.29, 1.82) is 0 Å². The van der Waals surface area contributed by atoms with Crippen LogP contribution in [0.15, 0.2) is 83.5 Å². The fraction of sp³-hybridized carbons (Fsp3) is 0.258. The lowest BCUT2D eigenvalue weighted by molar-refractivity contribution is 0.224. The lowest BCUT2D eigenvalue weighted by atomic mass is 10.1. The normalized spacial score (nSPS) is 14.0. The van der Waals surface area contributed by atoms with Gasteiger partial charge in [-0.15, -0.1) is 0 Å². The molecular formula is C31H30ClN5O3. The van der Waals surface area contributed by atoms with Crippen LogP contribution >= 0.6 is 11.6 Å². The van der Waals surface area contributed by atoms with Gasteiger partial charge >= 0.3 is 0 Å². The predicted molar refractivity (Wildman–Crippen MR) is 157 cm³/mol. The molecule has 1 aliphatic heterocycles. The highest BCUT2D eigenvalue weighted by Gasteiger charge is 2.18. The molecule has 0 spiro atoms. The van der Waals surface area contributed by atoms with E-state index >= 15 is 0 Å². The molecule has 9 heteroatoms. The molecule has 6 rings (SSSR count). The molecule has 1 fully saturated rings. The van der Waals surface area contributed by atoms with Gasteiger partial charge in [-0.05, 0) is 79.6 Å². The maximum absolute atomic E-state index is 6.10. The molecule has 0 saturated carbocycles. The van der Waals surface area contributed by atoms with E-state index < -0.39 is 0 Å². The summed E-state index contributed by atoms with van der Waals surface area (Å²) in [6.45, 7) is 7.61. The zero-order valence-corrected chi connectivity index (χ0v) is 23.1. The molecular weight excluding hydrogens is 526 g/mol. The SMILES string of the molecule is Cc1cc(OCCCN2CCN(c3ncccn3)CC2)ccc1-c1nc2ccc(Oc3ccc(Cl)cc3)cc2o1. The summed E-state index contributed by atoms with van der Waals surface area (Å²) in [5.74, 6) is 3.61. The van der Waals surface area contributed by atoms with Crippen molar-refractivity contribution in [1.82, 2.24) is 19.9 Å². The van der Waals surface area contributed by atoms with Crippen LogP contribution < -0.4 is 14.4 Å². The fourth-order valence-corrected chi connectivity index (χ4v) is 4.92. The highest BCUT2D eigenvalue weighted by molar-refractivity contribution is 6.30. The summed E-state index contributed by atoms with van der Waals surface area (Å²) in [4.78, 5) is 18.1. The predicted octanol–water partition coefficient (Wildman–Crippen LogP) is 6.63. The van der Waals surface area contributed by atoms with Crippen molar-refractivity contribution in [2.75, 3.05) is 44.2 Å². The Morgan fingerprint density at radius 2 is 1.62 bits per heavy atom. The zero-order chi connectivity index (χ0) is 27.3. The van der Waals surface area contributed by atoms with E-state index in [1.165, 1.54) is 0 Å². The van der Waals surface area contributed by atoms with Crippen molar-refractivity contribution in [2.45, 2.75) is 13.3 Å². The summed E-state index contributed by atoms with van der Waals surface area (Å²) < 4.78 is 18.1. The third-order valence-corrected chi connectivity index (χ3v) is 7.18. The van der Waals surface area contributed by atoms with Gasteiger partial charge in [0.15, 0.2) is 5.58 Å². The monoisotopic (exact) mass is 555 g/mol. The third-order valence-electron chi connectivity index (χ3n) is 6.93. The maximum Gasteiger partial charge on any atom is 0.227 e. The van der Waals surface area contributed by atoms with Crippen molar-refractivity contribution in [3.8, 4) is 28.7 Å². The second kappa shape index (κ2) is 11.9. The second-order valence-electron chi connectivity index (χ2n) is 9.76. The maximum atomic E-state index is 6.10. The van der Waals surface area contributed by atoms with Gasteiger partial charge in [0.1, 0.15) is 22.8 Å². The van der Waals surface area contributed by atoms with Gasteiger partial charge in [-0.2, -0.15) is 0 Å². The summed E-state index contributed by atoms with van der Waals surface area (Å²) in [6, 6.07) is 20.7. The summed E-state index contributed by atoms with van der Waals surface area (Å²) in [5, 5.41) is 0.666. The number of aromatic nitrogens is 3. The number of hydrogen-bond acceptors (Lipinski definition) is 8. The number of fused-ring (bicyclic) bond motifs is 1. The van der Waals surface area contributed by atoms with E-state index in [9.17, 15) is 0 Å². The van der Waals surface area contributed by atoms with E-state index in [1.807, 2.05) is 61.5 Å². The number of benzene rings is 3. The number of nitrogens with zero attached hydrogens (tertiary/aromatic N) is 5. The molecule has 204 valence electrons. The minimum Gasteiger partial charge on any atom is -0.494 e. The molecule has 3 heterocycles. The molecule has 0 aliphatic carbocycles. The van der Waals surface area contributed by atoms with Crippen LogP contribution in [-0.2, 0) is 0 Å². The Balaban J connectivity index is 1.01. The highest BCUT2D eigenvalue weighted by Crippen LogP contribution is 2.32. The lowest BCUT2D eigenvalue weighted by Crippen LogP contribution is -2.47. The van der Waals surface area contributed by atoms with Crippen molar-refractivity contribution in [3.05, 3.63) is 89.7 Å². The average molecular weight is 556 g/mol. The van der Waals surface area contributed by atoms with Crippen LogP contribution in [0.1, 0.15) is 12.0 Å². The first-order chi connectivity index (χ1) is 19.6. The van der Waals surface area contributed by atoms with E-state index in [4.69, 9.17) is 25.5 Å². The number of rotatable bonds is 9. The Morgan fingerprint density at radius 1 is 0.875 bits per heavy atom. The first kappa shape index (κ1) is 26.1. The molecule has 1 saturated heterocycles. The molecule has 2 aromatic heterocycles. The van der Waals surface area contributed by atoms with Gasteiger partial charge in [-0.3, -0.25) is 4.90 Å². The Bertz CT molecular complexity index is 1570. The molecule has 0 radical (unpaired) electrons. The van der Waals surface area contributed by atoms with Gasteiger partial charge in [-0.25, -0.2) is 15.0 Å². The minimum absolute atomic E-state index is 0.572. The second-order valence-corrected chi connectivity index (χ2v) is 10.2. The zero-order valence-electron chi connectivity index (χ0n) is 22.3. The number of oxazole rings is 1. The third kappa shape index (κ3) is 6.19. The van der Waals surface area contributed by atoms with Gasteiger partial charge < -0.3 is 18.8 Å². The summed E-state index contributed by atoms with van der Waals surface area (Å²) >= 11 is 5.96. The Labute approximate surface area is 238 Å². The summed E-state index contributed by atoms with van der Waals surface area (Å²) in [5.41, 5.74) is 3.42. The van der Waals surface area contributed by atoms with Crippen LogP contribution in [0.4, 0.5) is 5.95 Å². The first-order valence-electron chi connectivity index (χ1n) is 13.4. The smallest absolute Gasteiger partial charge is 0.227 e. The van der Waals surface area contributed by atoms with Gasteiger partial charge in [0.05, 0.1) is 6.61 Å². The van der Waals surface area contributed by atoms with Gasteiger partial charge in [0.25, 0.3) is 0 Å². The molecule has 5 aromatic rings. The van der Waals surface area contributed by atoms with E-state index in [0.717, 1.165) is 67.5 Å². The van der Waals surface area contributed by atoms with E-state index in [1.54, 1.807) is 24.5 Å². The van der Waals surface area contributed by atoms with Crippen LogP contribution in [0.2, 0.25) is 5.02 Å². The quantitative estimate of drug-likeness (QED) is 0.188. The van der Waals surface area contributed by atoms with Gasteiger partial charge in [-0.1, -0.05) is 11.6 Å². The number of hydrogen-bond donors (Lipinski definition) is 0. The van der Waals surface area contributed by atoms with Crippen molar-refractivity contribution < 1.29 is 13.9 Å². The van der Waals surface area contributed by atoms with E-state index in [2.05, 4.69) is 24.8 Å². The summed E-state index contributed by atoms with van der Waals surface area (Å²) in [6.07, 6.45) is 4.56. The molecule has 8 nitrogen and oxygen atoms in total. The molecule has 0 atom stereocenters. The van der Waals surface area contributed by atoms with Crippen LogP contribution in [0.3, 0.4) is 0 Å². The van der Waals surface area contributed by atoms with Gasteiger partial charge in [0.2, 0.25) is 11.8 Å². The average Bonchev–Trinajstić information content (AvgIpc) is 3.40. The number of piperazine rings is 1. The molecule has 1 aliphatic rings. The highest BCUT2D eigenvalue weighted by atomic mass is 35.5. The van der Waals surface area contributed by atoms with Crippen LogP contribution in [-0.4, -0.2) is 59.2 Å². The first-order valence-corrected chi connectivity index (χ1v) is 13.8. The Kier molecular flexibility index (Phi) is 7.79. The van der Waals surface area contributed by atoms with Crippen molar-refractivity contribution >= 4 is 28.6 Å². The summed E-state index contributed by atoms with van der Waals surface area (Å²) in [7, 11) is 0. The molecule has 0 amide bonds. The standard InChI is InChI=1S/C31H30ClN5O3/c1-22-20-25(38-19-3-14-36-15-17-37(18-16-36)31-33-12-2-13-34-31)8-10-27(22)30-35-28-11-9-26(21-29(28)40-30)39-24-6-4-23(32)5-7-24/h2,4-13,20-21H,3,14-19H2,1H3.